The lowest BCUT2D eigenvalue weighted by molar-refractivity contribution is -0.139. The first kappa shape index (κ1) is 103. The molecule has 0 bridgehead atoms. The molecular formula is C68H148N2O20Si13. The molecule has 0 heterocycles. The van der Waals surface area contributed by atoms with E-state index in [0.29, 0.717) is 44.0 Å². The van der Waals surface area contributed by atoms with Crippen molar-refractivity contribution < 1.29 is 89.4 Å². The summed E-state index contributed by atoms with van der Waals surface area (Å²) in [6.07, 6.45) is 14.0. The van der Waals surface area contributed by atoms with Crippen LogP contribution in [0.25, 0.3) is 0 Å². The van der Waals surface area contributed by atoms with E-state index >= 15 is 0 Å². The molecule has 602 valence electrons. The van der Waals surface area contributed by atoms with Crippen molar-refractivity contribution in [2.45, 2.75) is 322 Å². The maximum absolute atomic E-state index is 12.1. The van der Waals surface area contributed by atoms with Crippen LogP contribution in [-0.2, 0) is 79.8 Å². The highest BCUT2D eigenvalue weighted by molar-refractivity contribution is 6.92. The quantitative estimate of drug-likeness (QED) is 0.0109. The molecule has 0 aromatic heterocycles. The molecule has 0 rings (SSSR count). The fraction of sp³-hybridized carbons (Fsp3) is 0.779. The number of hydrogen-bond donors (Lipinski definition) is 2. The van der Waals surface area contributed by atoms with Crippen molar-refractivity contribution in [1.29, 1.82) is 0 Å². The average molecular weight is 1680 g/mol. The van der Waals surface area contributed by atoms with E-state index in [4.69, 9.17) is 60.7 Å². The predicted molar refractivity (Wildman–Crippen MR) is 453 cm³/mol. The molecule has 0 aliphatic carbocycles. The summed E-state index contributed by atoms with van der Waals surface area (Å²) < 4.78 is 92.8. The molecule has 0 spiro atoms. The fourth-order valence-corrected chi connectivity index (χ4v) is 77.1. The number of carbonyl (C=O) groups excluding carboxylic acids is 5. The SMILES string of the molecule is C=COC(=O)CCCCC[Si](C)(C)O[Si](C)(C)CC[Si](C)(C)O[Si](C)(C)OC(C)O[Si](C)(C)O[Si](C)(C)CCCCNC(=O)OC=C.C=COC(=O)CCCCC[Si](C)(C)O[Si](C)(C)CC[Si](C)(C)O[Si](C)(C)O[Si](C)(CCCOC(=O)C(=C)C)O[Si](C)(C)O[Si](C)(C)CCCCNC(=O)OC=C. The van der Waals surface area contributed by atoms with Gasteiger partial charge in [0.1, 0.15) is 6.29 Å². The summed E-state index contributed by atoms with van der Waals surface area (Å²) in [4.78, 5) is 58.2. The lowest BCUT2D eigenvalue weighted by Gasteiger charge is -2.44. The number of ether oxygens (including phenoxy) is 5. The number of rotatable bonds is 57. The summed E-state index contributed by atoms with van der Waals surface area (Å²) in [5, 5.41) is 5.43. The van der Waals surface area contributed by atoms with Crippen molar-refractivity contribution in [1.82, 2.24) is 10.6 Å². The van der Waals surface area contributed by atoms with Crippen LogP contribution in [0.2, 0.25) is 218 Å². The number of nitrogens with one attached hydrogen (secondary N) is 2. The summed E-state index contributed by atoms with van der Waals surface area (Å²) in [5.74, 6) is -0.833. The minimum Gasteiger partial charge on any atom is -0.462 e. The number of unbranched alkanes of at least 4 members (excludes halogenated alkanes) is 6. The molecule has 0 radical (unpaired) electrons. The molecule has 0 aromatic carbocycles. The van der Waals surface area contributed by atoms with Crippen molar-refractivity contribution in [3.63, 3.8) is 0 Å². The smallest absolute Gasteiger partial charge is 0.411 e. The Hall–Kier alpha value is -1.93. The monoisotopic (exact) mass is 1680 g/mol. The largest absolute Gasteiger partial charge is 0.462 e. The van der Waals surface area contributed by atoms with Gasteiger partial charge in [-0.2, -0.15) is 0 Å². The van der Waals surface area contributed by atoms with Gasteiger partial charge in [0.25, 0.3) is 0 Å². The van der Waals surface area contributed by atoms with Crippen molar-refractivity contribution in [2.24, 2.45) is 0 Å². The van der Waals surface area contributed by atoms with Crippen LogP contribution in [0.4, 0.5) is 9.59 Å². The molecule has 0 fully saturated rings. The Morgan fingerprint density at radius 3 is 0.932 bits per heavy atom. The van der Waals surface area contributed by atoms with Crippen molar-refractivity contribution >= 4 is 139 Å². The Morgan fingerprint density at radius 1 is 0.340 bits per heavy atom. The minimum absolute atomic E-state index is 0.210. The van der Waals surface area contributed by atoms with Gasteiger partial charge in [0.2, 0.25) is 0 Å². The van der Waals surface area contributed by atoms with Gasteiger partial charge in [0.15, 0.2) is 66.5 Å². The highest BCUT2D eigenvalue weighted by Crippen LogP contribution is 2.35. The molecule has 0 aromatic rings. The summed E-state index contributed by atoms with van der Waals surface area (Å²) in [7, 11) is -29.1. The van der Waals surface area contributed by atoms with E-state index in [1.165, 1.54) is 12.5 Å². The van der Waals surface area contributed by atoms with Gasteiger partial charge in [-0.25, -0.2) is 14.4 Å². The molecule has 35 heteroatoms. The average Bonchev–Trinajstić information content (AvgIpc) is 0.808. The number of carbonyl (C=O) groups is 5. The van der Waals surface area contributed by atoms with Gasteiger partial charge in [-0.05, 0) is 264 Å². The third-order valence-electron chi connectivity index (χ3n) is 16.1. The first-order valence-electron chi connectivity index (χ1n) is 37.3. The van der Waals surface area contributed by atoms with Crippen LogP contribution < -0.4 is 10.6 Å². The van der Waals surface area contributed by atoms with Crippen LogP contribution in [-0.4, -0.2) is 165 Å². The topological polar surface area (TPSA) is 248 Å². The third-order valence-corrected chi connectivity index (χ3v) is 65.2. The molecule has 2 unspecified atom stereocenters. The molecule has 2 amide bonds. The normalized spacial score (nSPS) is 14.0. The Bertz CT molecular complexity index is 2600. The number of esters is 3. The van der Waals surface area contributed by atoms with Gasteiger partial charge in [0.05, 0.1) is 31.7 Å². The standard InChI is InChI=1S/C37H79NO11Si7.C31H69NO9Si6/c1-18-42-35(39)26-21-20-23-29-50(5,6)45-52(9,10)32-33-53(11,12)47-55(15,16)49-56(17,31-25-28-44-36(40)34(3)4)48-54(13,14)46-51(7,8)30-24-22-27-38-37(41)43-19-2;1-16-35-30(33)23-19-18-21-25-42(4,5)39-44(8,9)27-28-45(10,11)41-47(14,15)38-29(3)37-46(12,13)40-43(6,7)26-22-20-24-32-31(34)36-17-2/h18-19H,1-3,20-33H2,4-17H3,(H,38,41);16-17,29H,1-2,18-28H2,3-15H3,(H,32,34). The Balaban J connectivity index is 0. The lowest BCUT2D eigenvalue weighted by atomic mass is 10.2. The van der Waals surface area contributed by atoms with Crippen LogP contribution in [0.3, 0.4) is 0 Å². The molecule has 0 saturated heterocycles. The van der Waals surface area contributed by atoms with Crippen LogP contribution in [0.1, 0.15) is 97.3 Å². The zero-order valence-corrected chi connectivity index (χ0v) is 82.8. The van der Waals surface area contributed by atoms with Crippen molar-refractivity contribution in [2.75, 3.05) is 19.7 Å². The first-order valence-corrected chi connectivity index (χ1v) is 76.0. The summed E-state index contributed by atoms with van der Waals surface area (Å²) >= 11 is 0. The van der Waals surface area contributed by atoms with E-state index in [0.717, 1.165) is 125 Å². The van der Waals surface area contributed by atoms with Gasteiger partial charge < -0.3 is 76.1 Å². The van der Waals surface area contributed by atoms with E-state index in [-0.39, 0.29) is 18.5 Å². The zero-order chi connectivity index (χ0) is 80.1. The summed E-state index contributed by atoms with van der Waals surface area (Å²) in [6, 6.07) is 8.77. The van der Waals surface area contributed by atoms with E-state index in [1.807, 2.05) is 6.92 Å². The van der Waals surface area contributed by atoms with E-state index in [1.54, 1.807) is 6.92 Å². The number of hydrogen-bond acceptors (Lipinski definition) is 20. The zero-order valence-electron chi connectivity index (χ0n) is 69.8. The van der Waals surface area contributed by atoms with Gasteiger partial charge in [-0.1, -0.05) is 71.4 Å². The molecule has 0 saturated carbocycles. The van der Waals surface area contributed by atoms with Crippen molar-refractivity contribution in [3.8, 4) is 0 Å². The first-order chi connectivity index (χ1) is 46.8. The molecule has 0 aliphatic rings. The predicted octanol–water partition coefficient (Wildman–Crippen LogP) is 20.3. The highest BCUT2D eigenvalue weighted by Gasteiger charge is 2.49. The van der Waals surface area contributed by atoms with Gasteiger partial charge in [-0.3, -0.25) is 9.59 Å². The van der Waals surface area contributed by atoms with Crippen molar-refractivity contribution in [3.05, 3.63) is 63.5 Å². The number of amides is 2. The van der Waals surface area contributed by atoms with Crippen LogP contribution >= 0.6 is 0 Å². The molecular weight excluding hydrogens is 1530 g/mol. The van der Waals surface area contributed by atoms with E-state index < -0.39 is 134 Å². The molecule has 0 aliphatic heterocycles. The Labute approximate surface area is 640 Å². The third kappa shape index (κ3) is 56.9. The molecule has 22 nitrogen and oxygen atoms in total. The minimum atomic E-state index is -2.91. The molecule has 103 heavy (non-hydrogen) atoms. The fourth-order valence-electron chi connectivity index (χ4n) is 12.8. The second-order valence-electron chi connectivity index (χ2n) is 33.8. The maximum Gasteiger partial charge on any atom is 0.411 e. The Morgan fingerprint density at radius 2 is 0.621 bits per heavy atom. The van der Waals surface area contributed by atoms with Crippen LogP contribution in [0.5, 0.6) is 0 Å². The summed E-state index contributed by atoms with van der Waals surface area (Å²) in [6.45, 7) is 77.8. The van der Waals surface area contributed by atoms with E-state index in [9.17, 15) is 24.0 Å². The Kier molecular flexibility index (Phi) is 48.0. The van der Waals surface area contributed by atoms with Crippen LogP contribution in [0, 0.1) is 0 Å². The second-order valence-corrected chi connectivity index (χ2v) is 86.9. The van der Waals surface area contributed by atoms with Gasteiger partial charge in [-0.15, -0.1) is 0 Å². The molecule has 2 atom stereocenters. The summed E-state index contributed by atoms with van der Waals surface area (Å²) in [5.41, 5.74) is 0.371. The van der Waals surface area contributed by atoms with Gasteiger partial charge in [0, 0.05) is 31.5 Å². The van der Waals surface area contributed by atoms with Crippen LogP contribution in [0.15, 0.2) is 63.5 Å². The lowest BCUT2D eigenvalue weighted by Crippen LogP contribution is -2.60. The highest BCUT2D eigenvalue weighted by atomic mass is 28.5. The molecule has 2 N–H and O–H groups in total. The van der Waals surface area contributed by atoms with E-state index in [2.05, 4.69) is 212 Å². The second kappa shape index (κ2) is 48.0. The van der Waals surface area contributed by atoms with Gasteiger partial charge >= 0.3 is 72.9 Å². The maximum atomic E-state index is 12.1. The number of alkyl carbamates (subject to hydrolysis) is 2.